The summed E-state index contributed by atoms with van der Waals surface area (Å²) >= 11 is 0. The van der Waals surface area contributed by atoms with E-state index in [0.717, 1.165) is 16.7 Å². The van der Waals surface area contributed by atoms with Crippen LogP contribution in [0.5, 0.6) is 0 Å². The van der Waals surface area contributed by atoms with E-state index in [1.54, 1.807) is 12.1 Å². The van der Waals surface area contributed by atoms with Crippen molar-refractivity contribution in [2.45, 2.75) is 38.6 Å². The number of hydrogen-bond acceptors (Lipinski definition) is 3. The van der Waals surface area contributed by atoms with Gasteiger partial charge in [0.1, 0.15) is 0 Å². The van der Waals surface area contributed by atoms with Crippen molar-refractivity contribution in [3.8, 4) is 0 Å². The fourth-order valence-corrected chi connectivity index (χ4v) is 3.57. The Bertz CT molecular complexity index is 823. The lowest BCUT2D eigenvalue weighted by Gasteiger charge is -2.15. The summed E-state index contributed by atoms with van der Waals surface area (Å²) in [6.07, 6.45) is 0. The Hall–Kier alpha value is -2.18. The summed E-state index contributed by atoms with van der Waals surface area (Å²) in [6.45, 7) is 7.27. The topological polar surface area (TPSA) is 75.3 Å². The zero-order valence-electron chi connectivity index (χ0n) is 14.3. The van der Waals surface area contributed by atoms with Crippen molar-refractivity contribution in [2.75, 3.05) is 5.32 Å². The van der Waals surface area contributed by atoms with E-state index in [-0.39, 0.29) is 4.90 Å². The number of hydrogen-bond donors (Lipinski definition) is 2. The summed E-state index contributed by atoms with van der Waals surface area (Å²) in [7, 11) is -3.74. The Morgan fingerprint density at radius 1 is 0.917 bits per heavy atom. The molecule has 0 radical (unpaired) electrons. The molecule has 2 rings (SSSR count). The highest BCUT2D eigenvalue weighted by Gasteiger charge is 2.22. The highest BCUT2D eigenvalue weighted by Crippen LogP contribution is 2.15. The first-order valence-electron chi connectivity index (χ1n) is 7.65. The summed E-state index contributed by atoms with van der Waals surface area (Å²) in [5, 5.41) is 2.74. The van der Waals surface area contributed by atoms with Gasteiger partial charge in [-0.3, -0.25) is 4.79 Å². The van der Waals surface area contributed by atoms with Crippen LogP contribution in [0, 0.1) is 20.8 Å². The van der Waals surface area contributed by atoms with E-state index in [1.807, 2.05) is 39.0 Å². The van der Waals surface area contributed by atoms with Gasteiger partial charge in [0.25, 0.3) is 0 Å². The smallest absolute Gasteiger partial charge is 0.242 e. The minimum absolute atomic E-state index is 0.138. The molecule has 128 valence electrons. The third-order valence-electron chi connectivity index (χ3n) is 3.55. The van der Waals surface area contributed by atoms with Crippen LogP contribution < -0.4 is 10.0 Å². The molecule has 0 aliphatic heterocycles. The van der Waals surface area contributed by atoms with E-state index in [9.17, 15) is 13.2 Å². The fourth-order valence-electron chi connectivity index (χ4n) is 2.37. The number of rotatable bonds is 5. The molecule has 0 aliphatic carbocycles. The molecule has 2 aromatic rings. The Morgan fingerprint density at radius 2 is 1.46 bits per heavy atom. The molecule has 0 heterocycles. The molecule has 0 saturated heterocycles. The van der Waals surface area contributed by atoms with E-state index in [1.165, 1.54) is 19.1 Å². The van der Waals surface area contributed by atoms with Gasteiger partial charge in [0.15, 0.2) is 0 Å². The second-order valence-electron chi connectivity index (χ2n) is 6.02. The number of aryl methyl sites for hydroxylation is 3. The molecule has 2 aromatic carbocycles. The summed E-state index contributed by atoms with van der Waals surface area (Å²) in [4.78, 5) is 12.4. The van der Waals surface area contributed by atoms with Crippen LogP contribution >= 0.6 is 0 Å². The molecule has 0 aliphatic rings. The van der Waals surface area contributed by atoms with Gasteiger partial charge in [-0.1, -0.05) is 23.8 Å². The van der Waals surface area contributed by atoms with Gasteiger partial charge in [-0.25, -0.2) is 8.42 Å². The second kappa shape index (κ2) is 7.15. The van der Waals surface area contributed by atoms with Crippen molar-refractivity contribution in [3.05, 3.63) is 59.2 Å². The molecule has 0 spiro atoms. The van der Waals surface area contributed by atoms with Crippen molar-refractivity contribution in [1.29, 1.82) is 0 Å². The lowest BCUT2D eigenvalue weighted by atomic mass is 10.1. The molecule has 0 fully saturated rings. The van der Waals surface area contributed by atoms with Gasteiger partial charge in [0, 0.05) is 5.69 Å². The van der Waals surface area contributed by atoms with Gasteiger partial charge >= 0.3 is 0 Å². The van der Waals surface area contributed by atoms with Crippen LogP contribution in [0.25, 0.3) is 0 Å². The van der Waals surface area contributed by atoms with Crippen LogP contribution in [0.1, 0.15) is 23.6 Å². The molecule has 1 atom stereocenters. The van der Waals surface area contributed by atoms with Gasteiger partial charge in [-0.05, 0) is 63.1 Å². The first-order chi connectivity index (χ1) is 11.2. The van der Waals surface area contributed by atoms with E-state index in [0.29, 0.717) is 5.69 Å². The van der Waals surface area contributed by atoms with Crippen molar-refractivity contribution in [2.24, 2.45) is 0 Å². The van der Waals surface area contributed by atoms with Crippen molar-refractivity contribution < 1.29 is 13.2 Å². The van der Waals surface area contributed by atoms with Crippen LogP contribution in [0.3, 0.4) is 0 Å². The van der Waals surface area contributed by atoms with Gasteiger partial charge < -0.3 is 5.32 Å². The summed E-state index contributed by atoms with van der Waals surface area (Å²) in [5.41, 5.74) is 3.67. The molecular formula is C18H22N2O3S. The minimum atomic E-state index is -3.74. The van der Waals surface area contributed by atoms with Gasteiger partial charge in [0.2, 0.25) is 15.9 Å². The lowest BCUT2D eigenvalue weighted by molar-refractivity contribution is -0.117. The number of amides is 1. The fraction of sp³-hybridized carbons (Fsp3) is 0.278. The minimum Gasteiger partial charge on any atom is -0.325 e. The van der Waals surface area contributed by atoms with Gasteiger partial charge in [-0.2, -0.15) is 4.72 Å². The number of carbonyl (C=O) groups excluding carboxylic acids is 1. The predicted molar refractivity (Wildman–Crippen MR) is 95.5 cm³/mol. The Morgan fingerprint density at radius 3 is 2.00 bits per heavy atom. The van der Waals surface area contributed by atoms with E-state index in [2.05, 4.69) is 10.0 Å². The van der Waals surface area contributed by atoms with Crippen molar-refractivity contribution in [1.82, 2.24) is 4.72 Å². The van der Waals surface area contributed by atoms with Gasteiger partial charge in [0.05, 0.1) is 10.9 Å². The maximum atomic E-state index is 12.3. The first kappa shape index (κ1) is 18.2. The molecule has 2 N–H and O–H groups in total. The number of carbonyl (C=O) groups is 1. The highest BCUT2D eigenvalue weighted by atomic mass is 32.2. The monoisotopic (exact) mass is 346 g/mol. The molecular weight excluding hydrogens is 324 g/mol. The maximum absolute atomic E-state index is 12.3. The molecule has 0 aromatic heterocycles. The number of anilines is 1. The molecule has 0 bridgehead atoms. The number of benzene rings is 2. The van der Waals surface area contributed by atoms with Crippen molar-refractivity contribution >= 4 is 21.6 Å². The average molecular weight is 346 g/mol. The summed E-state index contributed by atoms with van der Waals surface area (Å²) in [5.74, 6) is -0.407. The van der Waals surface area contributed by atoms with E-state index < -0.39 is 22.0 Å². The molecule has 0 saturated carbocycles. The summed E-state index contributed by atoms with van der Waals surface area (Å²) < 4.78 is 27.1. The van der Waals surface area contributed by atoms with Crippen molar-refractivity contribution in [3.63, 3.8) is 0 Å². The quantitative estimate of drug-likeness (QED) is 0.874. The Kier molecular flexibility index (Phi) is 5.41. The zero-order valence-corrected chi connectivity index (χ0v) is 15.1. The first-order valence-corrected chi connectivity index (χ1v) is 9.14. The van der Waals surface area contributed by atoms with Crippen LogP contribution in [0.2, 0.25) is 0 Å². The average Bonchev–Trinajstić information content (AvgIpc) is 2.46. The predicted octanol–water partition coefficient (Wildman–Crippen LogP) is 2.92. The third kappa shape index (κ3) is 4.66. The largest absolute Gasteiger partial charge is 0.325 e. The third-order valence-corrected chi connectivity index (χ3v) is 5.10. The summed E-state index contributed by atoms with van der Waals surface area (Å²) in [6, 6.07) is 11.3. The Labute approximate surface area is 143 Å². The maximum Gasteiger partial charge on any atom is 0.242 e. The number of nitrogens with one attached hydrogen (secondary N) is 2. The Balaban J connectivity index is 2.09. The molecule has 6 heteroatoms. The zero-order chi connectivity index (χ0) is 17.9. The lowest BCUT2D eigenvalue weighted by Crippen LogP contribution is -2.41. The van der Waals surface area contributed by atoms with E-state index in [4.69, 9.17) is 0 Å². The SMILES string of the molecule is Cc1ccc(S(=O)(=O)NC(C)C(=O)Nc2cc(C)cc(C)c2)cc1. The highest BCUT2D eigenvalue weighted by molar-refractivity contribution is 7.89. The van der Waals surface area contributed by atoms with Gasteiger partial charge in [-0.15, -0.1) is 0 Å². The van der Waals surface area contributed by atoms with Crippen LogP contribution in [-0.4, -0.2) is 20.4 Å². The molecule has 5 nitrogen and oxygen atoms in total. The van der Waals surface area contributed by atoms with E-state index >= 15 is 0 Å². The molecule has 1 unspecified atom stereocenters. The van der Waals surface area contributed by atoms with Crippen LogP contribution in [0.15, 0.2) is 47.4 Å². The normalized spacial score (nSPS) is 12.7. The van der Waals surface area contributed by atoms with Crippen LogP contribution in [-0.2, 0) is 14.8 Å². The standard InChI is InChI=1S/C18H22N2O3S/c1-12-5-7-17(8-6-12)24(22,23)20-15(4)18(21)19-16-10-13(2)9-14(3)11-16/h5-11,15,20H,1-4H3,(H,19,21). The molecule has 24 heavy (non-hydrogen) atoms. The van der Waals surface area contributed by atoms with Crippen LogP contribution in [0.4, 0.5) is 5.69 Å². The molecule has 1 amide bonds. The number of sulfonamides is 1. The second-order valence-corrected chi connectivity index (χ2v) is 7.74.